The molecule has 4 rings (SSSR count). The van der Waals surface area contributed by atoms with Crippen LogP contribution in [0.4, 0.5) is 5.69 Å². The lowest BCUT2D eigenvalue weighted by Gasteiger charge is -2.14. The Balaban J connectivity index is 1.39. The van der Waals surface area contributed by atoms with Crippen LogP contribution in [-0.4, -0.2) is 30.4 Å². The van der Waals surface area contributed by atoms with Crippen LogP contribution in [0.2, 0.25) is 0 Å². The van der Waals surface area contributed by atoms with E-state index in [0.29, 0.717) is 34.5 Å². The molecule has 3 aromatic carbocycles. The van der Waals surface area contributed by atoms with Crippen LogP contribution in [0.1, 0.15) is 53.9 Å². The van der Waals surface area contributed by atoms with Gasteiger partial charge in [0.25, 0.3) is 11.8 Å². The third-order valence-corrected chi connectivity index (χ3v) is 4.99. The number of carbonyl (C=O) groups is 4. The van der Waals surface area contributed by atoms with Gasteiger partial charge in [-0.25, -0.2) is 14.5 Å². The number of carbonyl (C=O) groups excluding carboxylic acids is 4. The quantitative estimate of drug-likeness (QED) is 0.434. The van der Waals surface area contributed by atoms with Gasteiger partial charge in [-0.15, -0.1) is 0 Å². The smallest absolute Gasteiger partial charge is 0.338 e. The topological polar surface area (TPSA) is 90.0 Å². The zero-order valence-electron chi connectivity index (χ0n) is 17.2. The van der Waals surface area contributed by atoms with Gasteiger partial charge in [0.2, 0.25) is 0 Å². The predicted octanol–water partition coefficient (Wildman–Crippen LogP) is 4.02. The summed E-state index contributed by atoms with van der Waals surface area (Å²) in [5, 5.41) is 0. The van der Waals surface area contributed by atoms with Crippen molar-refractivity contribution in [1.29, 1.82) is 0 Å². The lowest BCUT2D eigenvalue weighted by atomic mass is 10.1. The number of hydrogen-bond donors (Lipinski definition) is 0. The molecule has 0 atom stereocenters. The number of benzene rings is 3. The van der Waals surface area contributed by atoms with Crippen molar-refractivity contribution in [2.45, 2.75) is 13.5 Å². The highest BCUT2D eigenvalue weighted by Gasteiger charge is 2.36. The largest absolute Gasteiger partial charge is 0.462 e. The normalized spacial score (nSPS) is 12.5. The third kappa shape index (κ3) is 4.00. The summed E-state index contributed by atoms with van der Waals surface area (Å²) in [4.78, 5) is 50.3. The maximum atomic E-state index is 12.6. The maximum absolute atomic E-state index is 12.6. The molecule has 0 bridgehead atoms. The van der Waals surface area contributed by atoms with E-state index in [1.165, 1.54) is 24.3 Å². The Hall–Kier alpha value is -4.26. The van der Waals surface area contributed by atoms with Gasteiger partial charge < -0.3 is 9.47 Å². The molecule has 32 heavy (non-hydrogen) atoms. The molecule has 1 aliphatic heterocycles. The highest BCUT2D eigenvalue weighted by atomic mass is 16.5. The molecular weight excluding hydrogens is 410 g/mol. The Bertz CT molecular complexity index is 1160. The van der Waals surface area contributed by atoms with Crippen LogP contribution in [0.3, 0.4) is 0 Å². The summed E-state index contributed by atoms with van der Waals surface area (Å²) in [7, 11) is 0. The van der Waals surface area contributed by atoms with E-state index in [9.17, 15) is 19.2 Å². The second-order valence-corrected chi connectivity index (χ2v) is 7.03. The van der Waals surface area contributed by atoms with E-state index in [2.05, 4.69) is 0 Å². The molecule has 2 amide bonds. The molecule has 0 saturated carbocycles. The zero-order valence-corrected chi connectivity index (χ0v) is 17.2. The number of rotatable bonds is 6. The van der Waals surface area contributed by atoms with Crippen LogP contribution < -0.4 is 4.90 Å². The van der Waals surface area contributed by atoms with Crippen molar-refractivity contribution in [2.75, 3.05) is 11.5 Å². The van der Waals surface area contributed by atoms with Crippen LogP contribution in [-0.2, 0) is 16.1 Å². The van der Waals surface area contributed by atoms with Gasteiger partial charge in [-0.1, -0.05) is 24.3 Å². The lowest BCUT2D eigenvalue weighted by Crippen LogP contribution is -2.29. The molecule has 0 radical (unpaired) electrons. The Morgan fingerprint density at radius 2 is 1.22 bits per heavy atom. The molecule has 1 heterocycles. The highest BCUT2D eigenvalue weighted by molar-refractivity contribution is 6.34. The van der Waals surface area contributed by atoms with E-state index in [4.69, 9.17) is 9.47 Å². The first kappa shape index (κ1) is 21.0. The van der Waals surface area contributed by atoms with Crippen LogP contribution >= 0.6 is 0 Å². The summed E-state index contributed by atoms with van der Waals surface area (Å²) in [5.41, 5.74) is 2.51. The highest BCUT2D eigenvalue weighted by Crippen LogP contribution is 2.28. The zero-order chi connectivity index (χ0) is 22.7. The number of imide groups is 1. The Kier molecular flexibility index (Phi) is 5.81. The fourth-order valence-electron chi connectivity index (χ4n) is 3.35. The summed E-state index contributed by atoms with van der Waals surface area (Å²) in [6.45, 7) is 2.06. The number of fused-ring (bicyclic) bond motifs is 1. The molecule has 0 aliphatic carbocycles. The molecule has 0 aromatic heterocycles. The van der Waals surface area contributed by atoms with E-state index >= 15 is 0 Å². The molecule has 7 nitrogen and oxygen atoms in total. The summed E-state index contributed by atoms with van der Waals surface area (Å²) in [5.74, 6) is -1.75. The van der Waals surface area contributed by atoms with Crippen LogP contribution in [0, 0.1) is 0 Å². The van der Waals surface area contributed by atoms with Crippen molar-refractivity contribution < 1.29 is 28.7 Å². The fourth-order valence-corrected chi connectivity index (χ4v) is 3.35. The van der Waals surface area contributed by atoms with Gasteiger partial charge in [0.15, 0.2) is 0 Å². The number of anilines is 1. The third-order valence-electron chi connectivity index (χ3n) is 4.99. The number of ether oxygens (including phenoxy) is 2. The Labute approximate surface area is 184 Å². The molecule has 160 valence electrons. The predicted molar refractivity (Wildman–Crippen MR) is 116 cm³/mol. The molecule has 0 fully saturated rings. The molecule has 0 unspecified atom stereocenters. The Morgan fingerprint density at radius 1 is 0.719 bits per heavy atom. The number of nitrogens with zero attached hydrogens (tertiary/aromatic N) is 1. The van der Waals surface area contributed by atoms with E-state index in [1.54, 1.807) is 55.5 Å². The van der Waals surface area contributed by atoms with Crippen LogP contribution in [0.5, 0.6) is 0 Å². The van der Waals surface area contributed by atoms with E-state index in [-0.39, 0.29) is 12.2 Å². The lowest BCUT2D eigenvalue weighted by molar-refractivity contribution is 0.0469. The average molecular weight is 429 g/mol. The van der Waals surface area contributed by atoms with Gasteiger partial charge in [-0.05, 0) is 61.0 Å². The second kappa shape index (κ2) is 8.85. The van der Waals surface area contributed by atoms with Gasteiger partial charge in [0, 0.05) is 0 Å². The van der Waals surface area contributed by atoms with Crippen molar-refractivity contribution in [3.05, 3.63) is 101 Å². The Morgan fingerprint density at radius 3 is 1.75 bits per heavy atom. The van der Waals surface area contributed by atoms with Gasteiger partial charge >= 0.3 is 11.9 Å². The molecule has 3 aromatic rings. The van der Waals surface area contributed by atoms with Gasteiger partial charge in [0.1, 0.15) is 6.61 Å². The molecule has 1 aliphatic rings. The van der Waals surface area contributed by atoms with E-state index in [0.717, 1.165) is 4.90 Å². The van der Waals surface area contributed by atoms with Crippen molar-refractivity contribution in [2.24, 2.45) is 0 Å². The molecule has 0 saturated heterocycles. The fraction of sp³-hybridized carbons (Fsp3) is 0.120. The second-order valence-electron chi connectivity index (χ2n) is 7.03. The van der Waals surface area contributed by atoms with E-state index in [1.807, 2.05) is 0 Å². The SMILES string of the molecule is CCOC(=O)c1ccc(COC(=O)c2ccc(N3C(=O)c4ccccc4C3=O)cc2)cc1. The van der Waals surface area contributed by atoms with Crippen molar-refractivity contribution >= 4 is 29.4 Å². The first-order chi connectivity index (χ1) is 15.5. The van der Waals surface area contributed by atoms with Crippen molar-refractivity contribution in [3.8, 4) is 0 Å². The van der Waals surface area contributed by atoms with Gasteiger partial charge in [0.05, 0.1) is 34.5 Å². The van der Waals surface area contributed by atoms with Gasteiger partial charge in [-0.3, -0.25) is 9.59 Å². The maximum Gasteiger partial charge on any atom is 0.338 e. The minimum Gasteiger partial charge on any atom is -0.462 e. The van der Waals surface area contributed by atoms with E-state index < -0.39 is 23.8 Å². The molecular formula is C25H19NO6. The molecule has 0 spiro atoms. The van der Waals surface area contributed by atoms with Crippen molar-refractivity contribution in [1.82, 2.24) is 0 Å². The summed E-state index contributed by atoms with van der Waals surface area (Å²) < 4.78 is 10.2. The minimum atomic E-state index is -0.548. The van der Waals surface area contributed by atoms with Crippen LogP contribution in [0.15, 0.2) is 72.8 Å². The van der Waals surface area contributed by atoms with Crippen LogP contribution in [0.25, 0.3) is 0 Å². The first-order valence-corrected chi connectivity index (χ1v) is 10.0. The summed E-state index contributed by atoms with van der Waals surface area (Å²) >= 11 is 0. The minimum absolute atomic E-state index is 0.0299. The average Bonchev–Trinajstić information content (AvgIpc) is 3.08. The van der Waals surface area contributed by atoms with Gasteiger partial charge in [-0.2, -0.15) is 0 Å². The molecule has 7 heteroatoms. The van der Waals surface area contributed by atoms with Crippen molar-refractivity contribution in [3.63, 3.8) is 0 Å². The number of esters is 2. The number of amides is 2. The standard InChI is InChI=1S/C25H19NO6/c1-2-31-24(29)17-9-7-16(8-10-17)15-32-25(30)18-11-13-19(14-12-18)26-22(27)20-5-3-4-6-21(20)23(26)28/h3-14H,2,15H2,1H3. The monoisotopic (exact) mass is 429 g/mol. The number of hydrogen-bond acceptors (Lipinski definition) is 6. The molecule has 0 N–H and O–H groups in total. The summed E-state index contributed by atoms with van der Waals surface area (Å²) in [6, 6.07) is 19.3. The first-order valence-electron chi connectivity index (χ1n) is 10.0. The summed E-state index contributed by atoms with van der Waals surface area (Å²) in [6.07, 6.45) is 0.